The highest BCUT2D eigenvalue weighted by Crippen LogP contribution is 2.21. The molecule has 2 aliphatic heterocycles. The van der Waals surface area contributed by atoms with Crippen LogP contribution in [-0.2, 0) is 15.9 Å². The zero-order chi connectivity index (χ0) is 15.9. The number of nitrogens with one attached hydrogen (secondary N) is 1. The number of morpholine rings is 1. The summed E-state index contributed by atoms with van der Waals surface area (Å²) in [5.74, 6) is 0.965. The van der Waals surface area contributed by atoms with Gasteiger partial charge in [0.05, 0.1) is 12.7 Å². The first-order valence-electron chi connectivity index (χ1n) is 8.59. The second-order valence-corrected chi connectivity index (χ2v) is 6.12. The van der Waals surface area contributed by atoms with Crippen molar-refractivity contribution in [2.45, 2.75) is 31.5 Å². The van der Waals surface area contributed by atoms with E-state index in [1.807, 2.05) is 7.05 Å². The molecule has 0 aromatic heterocycles. The zero-order valence-electron chi connectivity index (χ0n) is 14.3. The molecular weight excluding hydrogens is 417 g/mol. The van der Waals surface area contributed by atoms with Gasteiger partial charge in [-0.1, -0.05) is 30.3 Å². The number of nitrogens with zero attached hydrogens (tertiary/aromatic N) is 2. The molecule has 134 valence electrons. The Kier molecular flexibility index (Phi) is 8.28. The quantitative estimate of drug-likeness (QED) is 0.439. The van der Waals surface area contributed by atoms with E-state index < -0.39 is 0 Å². The summed E-state index contributed by atoms with van der Waals surface area (Å²) in [6, 6.07) is 10.5. The summed E-state index contributed by atoms with van der Waals surface area (Å²) < 4.78 is 11.7. The number of ether oxygens (including phenoxy) is 2. The summed E-state index contributed by atoms with van der Waals surface area (Å²) in [5, 5.41) is 3.48. The van der Waals surface area contributed by atoms with Crippen LogP contribution in [0.5, 0.6) is 0 Å². The third-order valence-electron chi connectivity index (χ3n) is 4.52. The standard InChI is InChI=1S/C18H27N3O2.HI/c1-19-18(20-10-9-15-6-3-2-4-7-15)21-11-13-23-17(14-21)16-8-5-12-22-16;/h2-4,6-7,16-17H,5,8-14H2,1H3,(H,19,20);1H. The predicted octanol–water partition coefficient (Wildman–Crippen LogP) is 2.30. The van der Waals surface area contributed by atoms with Gasteiger partial charge < -0.3 is 19.7 Å². The molecule has 2 atom stereocenters. The average Bonchev–Trinajstić information content (AvgIpc) is 3.14. The molecule has 3 rings (SSSR count). The van der Waals surface area contributed by atoms with Crippen molar-refractivity contribution in [1.29, 1.82) is 0 Å². The van der Waals surface area contributed by atoms with E-state index in [1.165, 1.54) is 5.56 Å². The molecule has 1 aromatic carbocycles. The molecule has 2 saturated heterocycles. The topological polar surface area (TPSA) is 46.1 Å². The second-order valence-electron chi connectivity index (χ2n) is 6.12. The molecule has 2 fully saturated rings. The van der Waals surface area contributed by atoms with Gasteiger partial charge in [0.25, 0.3) is 0 Å². The van der Waals surface area contributed by atoms with Crippen LogP contribution in [0.25, 0.3) is 0 Å². The lowest BCUT2D eigenvalue weighted by Crippen LogP contribution is -2.53. The van der Waals surface area contributed by atoms with Gasteiger partial charge in [0.2, 0.25) is 0 Å². The van der Waals surface area contributed by atoms with E-state index in [9.17, 15) is 0 Å². The third-order valence-corrected chi connectivity index (χ3v) is 4.52. The Balaban J connectivity index is 0.00000208. The van der Waals surface area contributed by atoms with Crippen molar-refractivity contribution in [3.05, 3.63) is 35.9 Å². The van der Waals surface area contributed by atoms with E-state index in [1.54, 1.807) is 0 Å². The monoisotopic (exact) mass is 445 g/mol. The van der Waals surface area contributed by atoms with Gasteiger partial charge in [0.15, 0.2) is 5.96 Å². The van der Waals surface area contributed by atoms with Crippen LogP contribution in [0.1, 0.15) is 18.4 Å². The van der Waals surface area contributed by atoms with Gasteiger partial charge in [-0.2, -0.15) is 0 Å². The minimum atomic E-state index is 0. The number of benzene rings is 1. The molecule has 2 heterocycles. The summed E-state index contributed by atoms with van der Waals surface area (Å²) in [7, 11) is 1.85. The first-order chi connectivity index (χ1) is 11.4. The molecule has 6 heteroatoms. The molecule has 0 aliphatic carbocycles. The van der Waals surface area contributed by atoms with Crippen molar-refractivity contribution in [2.24, 2.45) is 4.99 Å². The molecule has 2 unspecified atom stereocenters. The summed E-state index contributed by atoms with van der Waals surface area (Å²) >= 11 is 0. The molecule has 1 N–H and O–H groups in total. The van der Waals surface area contributed by atoms with E-state index in [0.717, 1.165) is 58.1 Å². The van der Waals surface area contributed by atoms with E-state index in [2.05, 4.69) is 45.5 Å². The highest BCUT2D eigenvalue weighted by molar-refractivity contribution is 14.0. The van der Waals surface area contributed by atoms with Crippen molar-refractivity contribution in [3.8, 4) is 0 Å². The fraction of sp³-hybridized carbons (Fsp3) is 0.611. The van der Waals surface area contributed by atoms with Gasteiger partial charge in [0.1, 0.15) is 6.10 Å². The highest BCUT2D eigenvalue weighted by Gasteiger charge is 2.32. The summed E-state index contributed by atoms with van der Waals surface area (Å²) in [6.45, 7) is 4.24. The van der Waals surface area contributed by atoms with Gasteiger partial charge in [-0.05, 0) is 24.8 Å². The Bertz CT molecular complexity index is 506. The van der Waals surface area contributed by atoms with Crippen molar-refractivity contribution in [2.75, 3.05) is 39.9 Å². The average molecular weight is 445 g/mol. The molecule has 2 aliphatic rings. The van der Waals surface area contributed by atoms with Crippen LogP contribution in [0.3, 0.4) is 0 Å². The van der Waals surface area contributed by atoms with Crippen LogP contribution >= 0.6 is 24.0 Å². The van der Waals surface area contributed by atoms with Crippen molar-refractivity contribution < 1.29 is 9.47 Å². The third kappa shape index (κ3) is 5.32. The lowest BCUT2D eigenvalue weighted by Gasteiger charge is -2.37. The highest BCUT2D eigenvalue weighted by atomic mass is 127. The number of guanidine groups is 1. The maximum atomic E-state index is 5.91. The first-order valence-corrected chi connectivity index (χ1v) is 8.59. The Morgan fingerprint density at radius 1 is 1.21 bits per heavy atom. The van der Waals surface area contributed by atoms with Crippen LogP contribution in [0, 0.1) is 0 Å². The number of aliphatic imine (C=N–C) groups is 1. The Hall–Kier alpha value is -0.860. The molecule has 0 spiro atoms. The molecule has 0 radical (unpaired) electrons. The normalized spacial score (nSPS) is 24.5. The molecular formula is C18H28IN3O2. The van der Waals surface area contributed by atoms with E-state index in [-0.39, 0.29) is 36.2 Å². The maximum Gasteiger partial charge on any atom is 0.193 e. The van der Waals surface area contributed by atoms with Gasteiger partial charge in [-0.15, -0.1) is 24.0 Å². The van der Waals surface area contributed by atoms with Crippen LogP contribution in [-0.4, -0.2) is 63.0 Å². The lowest BCUT2D eigenvalue weighted by molar-refractivity contribution is -0.0816. The summed E-state index contributed by atoms with van der Waals surface area (Å²) in [5.41, 5.74) is 1.34. The molecule has 0 saturated carbocycles. The summed E-state index contributed by atoms with van der Waals surface area (Å²) in [6.07, 6.45) is 3.67. The van der Waals surface area contributed by atoms with Crippen molar-refractivity contribution >= 4 is 29.9 Å². The SMILES string of the molecule is CN=C(NCCc1ccccc1)N1CCOC(C2CCCO2)C1.I. The first kappa shape index (κ1) is 19.5. The van der Waals surface area contributed by atoms with E-state index in [4.69, 9.17) is 9.47 Å². The number of hydrogen-bond donors (Lipinski definition) is 1. The minimum absolute atomic E-state index is 0. The fourth-order valence-electron chi connectivity index (χ4n) is 3.28. The van der Waals surface area contributed by atoms with Gasteiger partial charge in [0, 0.05) is 33.3 Å². The predicted molar refractivity (Wildman–Crippen MR) is 107 cm³/mol. The number of rotatable bonds is 4. The fourth-order valence-corrected chi connectivity index (χ4v) is 3.28. The smallest absolute Gasteiger partial charge is 0.193 e. The molecule has 0 amide bonds. The van der Waals surface area contributed by atoms with E-state index in [0.29, 0.717) is 0 Å². The maximum absolute atomic E-state index is 5.91. The molecule has 24 heavy (non-hydrogen) atoms. The van der Waals surface area contributed by atoms with Crippen molar-refractivity contribution in [1.82, 2.24) is 10.2 Å². The molecule has 0 bridgehead atoms. The molecule has 5 nitrogen and oxygen atoms in total. The van der Waals surface area contributed by atoms with Crippen LogP contribution in [0.4, 0.5) is 0 Å². The number of hydrogen-bond acceptors (Lipinski definition) is 3. The van der Waals surface area contributed by atoms with Crippen LogP contribution in [0.15, 0.2) is 35.3 Å². The Morgan fingerprint density at radius 3 is 2.71 bits per heavy atom. The Morgan fingerprint density at radius 2 is 2.00 bits per heavy atom. The Labute approximate surface area is 161 Å². The van der Waals surface area contributed by atoms with Crippen LogP contribution in [0.2, 0.25) is 0 Å². The van der Waals surface area contributed by atoms with Gasteiger partial charge in [-0.25, -0.2) is 0 Å². The van der Waals surface area contributed by atoms with Crippen molar-refractivity contribution in [3.63, 3.8) is 0 Å². The molecule has 1 aromatic rings. The van der Waals surface area contributed by atoms with Crippen LogP contribution < -0.4 is 5.32 Å². The minimum Gasteiger partial charge on any atom is -0.375 e. The lowest BCUT2D eigenvalue weighted by atomic mass is 10.1. The summed E-state index contributed by atoms with van der Waals surface area (Å²) in [4.78, 5) is 6.73. The second kappa shape index (κ2) is 10.2. The largest absolute Gasteiger partial charge is 0.375 e. The van der Waals surface area contributed by atoms with Gasteiger partial charge >= 0.3 is 0 Å². The zero-order valence-corrected chi connectivity index (χ0v) is 16.6. The number of halogens is 1. The van der Waals surface area contributed by atoms with Gasteiger partial charge in [-0.3, -0.25) is 4.99 Å². The van der Waals surface area contributed by atoms with E-state index >= 15 is 0 Å².